The number of carbonyl (C=O) groups is 3. The van der Waals surface area contributed by atoms with Gasteiger partial charge in [-0.15, -0.1) is 0 Å². The smallest absolute Gasteiger partial charge is 0.387 e. The van der Waals surface area contributed by atoms with Gasteiger partial charge in [0.1, 0.15) is 5.75 Å². The molecule has 126 valence electrons. The van der Waals surface area contributed by atoms with Crippen molar-refractivity contribution >= 4 is 17.9 Å². The molecular weight excluding hydrogens is 314 g/mol. The van der Waals surface area contributed by atoms with Crippen LogP contribution in [-0.2, 0) is 9.53 Å². The molecule has 1 atom stereocenters. The highest BCUT2D eigenvalue weighted by molar-refractivity contribution is 5.98. The maximum atomic E-state index is 12.2. The Bertz CT molecular complexity index is 592. The van der Waals surface area contributed by atoms with Crippen LogP contribution in [0.4, 0.5) is 13.6 Å². The van der Waals surface area contributed by atoms with E-state index >= 15 is 0 Å². The Morgan fingerprint density at radius 3 is 2.39 bits per heavy atom. The number of rotatable bonds is 6. The molecule has 0 saturated carbocycles. The molecule has 23 heavy (non-hydrogen) atoms. The highest BCUT2D eigenvalue weighted by atomic mass is 19.3. The first-order valence-electron chi connectivity index (χ1n) is 6.57. The Morgan fingerprint density at radius 2 is 1.87 bits per heavy atom. The summed E-state index contributed by atoms with van der Waals surface area (Å²) >= 11 is 0. The van der Waals surface area contributed by atoms with Crippen molar-refractivity contribution in [3.63, 3.8) is 0 Å². The molecule has 0 bridgehead atoms. The molecule has 0 heterocycles. The summed E-state index contributed by atoms with van der Waals surface area (Å²) in [6.07, 6.45) is -1.27. The minimum atomic E-state index is -3.04. The van der Waals surface area contributed by atoms with Gasteiger partial charge in [-0.1, -0.05) is 19.9 Å². The number of ether oxygens (including phenoxy) is 2. The average Bonchev–Trinajstić information content (AvgIpc) is 2.42. The Labute approximate surface area is 130 Å². The Kier molecular flexibility index (Phi) is 6.43. The molecule has 3 amide bonds. The summed E-state index contributed by atoms with van der Waals surface area (Å²) in [5, 5.41) is 1.82. The largest absolute Gasteiger partial charge is 0.448 e. The molecule has 3 N–H and O–H groups in total. The second-order valence-corrected chi connectivity index (χ2v) is 4.83. The van der Waals surface area contributed by atoms with E-state index in [2.05, 4.69) is 4.74 Å². The summed E-state index contributed by atoms with van der Waals surface area (Å²) in [6, 6.07) is 3.84. The zero-order chi connectivity index (χ0) is 17.6. The number of amides is 3. The number of primary amides is 1. The van der Waals surface area contributed by atoms with E-state index < -0.39 is 36.5 Å². The van der Waals surface area contributed by atoms with Crippen LogP contribution in [-0.4, -0.2) is 30.6 Å². The van der Waals surface area contributed by atoms with Gasteiger partial charge in [0.25, 0.3) is 5.91 Å². The minimum absolute atomic E-state index is 0.0827. The van der Waals surface area contributed by atoms with E-state index in [9.17, 15) is 23.2 Å². The van der Waals surface area contributed by atoms with Crippen LogP contribution in [0.2, 0.25) is 0 Å². The van der Waals surface area contributed by atoms with E-state index in [0.717, 1.165) is 6.07 Å². The van der Waals surface area contributed by atoms with Crippen LogP contribution in [0.1, 0.15) is 24.2 Å². The van der Waals surface area contributed by atoms with Crippen molar-refractivity contribution in [1.29, 1.82) is 0 Å². The highest BCUT2D eigenvalue weighted by Crippen LogP contribution is 2.18. The highest BCUT2D eigenvalue weighted by Gasteiger charge is 2.28. The van der Waals surface area contributed by atoms with Crippen LogP contribution in [0.5, 0.6) is 5.75 Å². The Morgan fingerprint density at radius 1 is 1.22 bits per heavy atom. The van der Waals surface area contributed by atoms with Crippen LogP contribution < -0.4 is 15.8 Å². The number of urea groups is 1. The number of imide groups is 1. The van der Waals surface area contributed by atoms with Gasteiger partial charge >= 0.3 is 18.6 Å². The molecule has 0 aromatic heterocycles. The lowest BCUT2D eigenvalue weighted by atomic mass is 10.1. The molecule has 0 unspecified atom stereocenters. The second-order valence-electron chi connectivity index (χ2n) is 4.83. The van der Waals surface area contributed by atoms with Gasteiger partial charge in [0.15, 0.2) is 6.10 Å². The zero-order valence-electron chi connectivity index (χ0n) is 12.4. The number of halogens is 2. The van der Waals surface area contributed by atoms with Gasteiger partial charge in [-0.25, -0.2) is 9.59 Å². The average molecular weight is 330 g/mol. The lowest BCUT2D eigenvalue weighted by Gasteiger charge is -2.20. The maximum Gasteiger partial charge on any atom is 0.387 e. The molecule has 0 spiro atoms. The van der Waals surface area contributed by atoms with Crippen molar-refractivity contribution in [2.24, 2.45) is 11.7 Å². The summed E-state index contributed by atoms with van der Waals surface area (Å²) in [5.41, 5.74) is 4.76. The predicted octanol–water partition coefficient (Wildman–Crippen LogP) is 1.66. The summed E-state index contributed by atoms with van der Waals surface area (Å²) in [6.45, 7) is 0.148. The normalized spacial score (nSPS) is 11.9. The molecule has 0 aliphatic carbocycles. The molecule has 1 aromatic carbocycles. The van der Waals surface area contributed by atoms with Gasteiger partial charge in [0, 0.05) is 0 Å². The zero-order valence-corrected chi connectivity index (χ0v) is 12.4. The van der Waals surface area contributed by atoms with Gasteiger partial charge < -0.3 is 15.2 Å². The third-order valence-electron chi connectivity index (χ3n) is 2.64. The lowest BCUT2D eigenvalue weighted by Crippen LogP contribution is -2.45. The molecule has 0 radical (unpaired) electrons. The molecule has 0 fully saturated rings. The molecule has 9 heteroatoms. The second kappa shape index (κ2) is 8.06. The first-order chi connectivity index (χ1) is 10.7. The van der Waals surface area contributed by atoms with Gasteiger partial charge in [-0.3, -0.25) is 10.1 Å². The van der Waals surface area contributed by atoms with Crippen LogP contribution in [0.25, 0.3) is 0 Å². The van der Waals surface area contributed by atoms with Gasteiger partial charge in [0.2, 0.25) is 0 Å². The van der Waals surface area contributed by atoms with E-state index in [-0.39, 0.29) is 11.3 Å². The minimum Gasteiger partial charge on any atom is -0.448 e. The number of hydrogen-bond donors (Lipinski definition) is 2. The van der Waals surface area contributed by atoms with E-state index in [1.54, 1.807) is 13.8 Å². The third-order valence-corrected chi connectivity index (χ3v) is 2.64. The summed E-state index contributed by atoms with van der Waals surface area (Å²) in [7, 11) is 0. The number of alkyl halides is 2. The van der Waals surface area contributed by atoms with Gasteiger partial charge in [0.05, 0.1) is 5.56 Å². The number of esters is 1. The van der Waals surface area contributed by atoms with Gasteiger partial charge in [-0.05, 0) is 24.1 Å². The van der Waals surface area contributed by atoms with Crippen molar-refractivity contribution in [1.82, 2.24) is 5.32 Å². The van der Waals surface area contributed by atoms with Crippen molar-refractivity contribution in [2.45, 2.75) is 26.6 Å². The summed E-state index contributed by atoms with van der Waals surface area (Å²) in [4.78, 5) is 34.5. The molecule has 0 saturated heterocycles. The number of carbonyl (C=O) groups excluding carboxylic acids is 3. The summed E-state index contributed by atoms with van der Waals surface area (Å²) in [5.74, 6) is -2.47. The predicted molar refractivity (Wildman–Crippen MR) is 74.8 cm³/mol. The first-order valence-corrected chi connectivity index (χ1v) is 6.57. The van der Waals surface area contributed by atoms with Crippen LogP contribution in [0.3, 0.4) is 0 Å². The molecular formula is C14H16F2N2O5. The third kappa shape index (κ3) is 5.89. The van der Waals surface area contributed by atoms with E-state index in [1.807, 2.05) is 5.32 Å². The van der Waals surface area contributed by atoms with Crippen LogP contribution in [0.15, 0.2) is 24.3 Å². The van der Waals surface area contributed by atoms with Gasteiger partial charge in [-0.2, -0.15) is 8.78 Å². The Hall–Kier alpha value is -2.71. The molecule has 1 rings (SSSR count). The number of hydrogen-bond acceptors (Lipinski definition) is 5. The number of benzene rings is 1. The molecule has 0 aliphatic rings. The molecule has 7 nitrogen and oxygen atoms in total. The monoisotopic (exact) mass is 330 g/mol. The molecule has 0 aliphatic heterocycles. The summed E-state index contributed by atoms with van der Waals surface area (Å²) < 4.78 is 33.5. The topological polar surface area (TPSA) is 108 Å². The maximum absolute atomic E-state index is 12.2. The van der Waals surface area contributed by atoms with E-state index in [0.29, 0.717) is 0 Å². The fourth-order valence-electron chi connectivity index (χ4n) is 1.67. The fraction of sp³-hybridized carbons (Fsp3) is 0.357. The number of nitrogens with two attached hydrogens (primary N) is 1. The fourth-order valence-corrected chi connectivity index (χ4v) is 1.67. The lowest BCUT2D eigenvalue weighted by molar-refractivity contribution is -0.130. The van der Waals surface area contributed by atoms with Crippen molar-refractivity contribution in [3.05, 3.63) is 29.8 Å². The van der Waals surface area contributed by atoms with Crippen LogP contribution >= 0.6 is 0 Å². The van der Waals surface area contributed by atoms with Crippen molar-refractivity contribution in [2.75, 3.05) is 0 Å². The first kappa shape index (κ1) is 18.3. The van der Waals surface area contributed by atoms with E-state index in [1.165, 1.54) is 18.2 Å². The quantitative estimate of drug-likeness (QED) is 0.771. The Balaban J connectivity index is 2.86. The van der Waals surface area contributed by atoms with Crippen LogP contribution in [0, 0.1) is 5.92 Å². The van der Waals surface area contributed by atoms with E-state index in [4.69, 9.17) is 10.5 Å². The van der Waals surface area contributed by atoms with Crippen molar-refractivity contribution < 1.29 is 32.6 Å². The standard InChI is InChI=1S/C14H16F2N2O5/c1-7(2)10(11(19)18-14(17)21)23-12(20)8-4-3-5-9(6-8)22-13(15)16/h3-7,10,13H,1-2H3,(H3,17,18,19,21)/t10-/m0/s1. The SMILES string of the molecule is CC(C)[C@H](OC(=O)c1cccc(OC(F)F)c1)C(=O)NC(N)=O. The molecule has 1 aromatic rings. The number of nitrogens with one attached hydrogen (secondary N) is 1. The van der Waals surface area contributed by atoms with Crippen molar-refractivity contribution in [3.8, 4) is 5.75 Å².